The van der Waals surface area contributed by atoms with Crippen molar-refractivity contribution in [2.24, 2.45) is 5.92 Å². The molecule has 0 N–H and O–H groups in total. The highest BCUT2D eigenvalue weighted by Crippen LogP contribution is 2.46. The zero-order valence-corrected chi connectivity index (χ0v) is 16.1. The van der Waals surface area contributed by atoms with Crippen molar-refractivity contribution in [2.75, 3.05) is 26.2 Å². The lowest BCUT2D eigenvalue weighted by Gasteiger charge is -2.39. The minimum absolute atomic E-state index is 0.217. The molecule has 0 aromatic carbocycles. The first kappa shape index (κ1) is 17.8. The fourth-order valence-corrected chi connectivity index (χ4v) is 6.81. The Labute approximate surface area is 153 Å². The Kier molecular flexibility index (Phi) is 4.09. The Morgan fingerprint density at radius 3 is 2.77 bits per heavy atom. The van der Waals surface area contributed by atoms with Crippen LogP contribution in [0.15, 0.2) is 12.4 Å². The number of amides is 1. The Morgan fingerprint density at radius 2 is 2.12 bits per heavy atom. The molecule has 3 aliphatic heterocycles. The highest BCUT2D eigenvalue weighted by atomic mass is 32.2. The number of carbonyl (C=O) groups excluding carboxylic acids is 1. The fourth-order valence-electron chi connectivity index (χ4n) is 4.34. The molecule has 2 bridgehead atoms. The van der Waals surface area contributed by atoms with Crippen molar-refractivity contribution in [3.8, 4) is 0 Å². The lowest BCUT2D eigenvalue weighted by atomic mass is 9.99. The van der Waals surface area contributed by atoms with Crippen LogP contribution in [0.2, 0.25) is 0 Å². The van der Waals surface area contributed by atoms with Crippen LogP contribution in [0.25, 0.3) is 0 Å². The van der Waals surface area contributed by atoms with E-state index in [1.165, 1.54) is 10.5 Å². The van der Waals surface area contributed by atoms with Crippen LogP contribution in [-0.2, 0) is 14.8 Å². The number of aromatic nitrogens is 2. The van der Waals surface area contributed by atoms with E-state index in [0.717, 1.165) is 5.69 Å². The minimum Gasteiger partial charge on any atom is -0.365 e. The van der Waals surface area contributed by atoms with E-state index < -0.39 is 20.9 Å². The second-order valence-electron chi connectivity index (χ2n) is 7.99. The quantitative estimate of drug-likeness (QED) is 0.755. The van der Waals surface area contributed by atoms with Crippen LogP contribution >= 0.6 is 0 Å². The second kappa shape index (κ2) is 5.97. The van der Waals surface area contributed by atoms with Gasteiger partial charge in [-0.25, -0.2) is 13.4 Å². The van der Waals surface area contributed by atoms with E-state index in [4.69, 9.17) is 4.74 Å². The Bertz CT molecular complexity index is 826. The van der Waals surface area contributed by atoms with Crippen molar-refractivity contribution in [3.05, 3.63) is 23.8 Å². The molecule has 1 amide bonds. The summed E-state index contributed by atoms with van der Waals surface area (Å²) < 4.78 is 33.6. The van der Waals surface area contributed by atoms with E-state index in [2.05, 4.69) is 9.97 Å². The maximum Gasteiger partial charge on any atom is 0.274 e. The SMILES string of the molecule is Cc1cnc(C(=O)N2C[C@H]3C[C@H]4[C@](C2)(CN(CC(C)C)S4(=O)=O)O3)cn1. The molecule has 142 valence electrons. The number of rotatable bonds is 3. The molecule has 4 rings (SSSR count). The molecule has 9 heteroatoms. The summed E-state index contributed by atoms with van der Waals surface area (Å²) >= 11 is 0. The number of ether oxygens (including phenoxy) is 1. The summed E-state index contributed by atoms with van der Waals surface area (Å²) in [6.45, 7) is 7.27. The fraction of sp³-hybridized carbons (Fsp3) is 0.706. The van der Waals surface area contributed by atoms with Gasteiger partial charge in [0.25, 0.3) is 5.91 Å². The van der Waals surface area contributed by atoms with Gasteiger partial charge in [-0.05, 0) is 19.3 Å². The molecule has 3 saturated heterocycles. The standard InChI is InChI=1S/C17H24N4O4S/c1-11(2)7-21-10-17-9-20(16(22)14-6-18-12(3)5-19-14)8-13(25-17)4-15(17)26(21,23)24/h5-6,11,13,15H,4,7-10H2,1-3H3/t13-,15+,17+/m1/s1. The smallest absolute Gasteiger partial charge is 0.274 e. The molecule has 0 aliphatic carbocycles. The van der Waals surface area contributed by atoms with E-state index >= 15 is 0 Å². The number of nitrogens with zero attached hydrogens (tertiary/aromatic N) is 4. The van der Waals surface area contributed by atoms with Crippen LogP contribution in [0.1, 0.15) is 36.5 Å². The average molecular weight is 380 g/mol. The zero-order valence-electron chi connectivity index (χ0n) is 15.3. The summed E-state index contributed by atoms with van der Waals surface area (Å²) in [5.74, 6) is 0.0190. The normalized spacial score (nSPS) is 32.8. The first-order valence-corrected chi connectivity index (χ1v) is 10.5. The maximum absolute atomic E-state index is 13.0. The van der Waals surface area contributed by atoms with Crippen LogP contribution in [0.3, 0.4) is 0 Å². The average Bonchev–Trinajstić information content (AvgIpc) is 2.93. The van der Waals surface area contributed by atoms with E-state index in [0.29, 0.717) is 26.1 Å². The van der Waals surface area contributed by atoms with Gasteiger partial charge >= 0.3 is 0 Å². The summed E-state index contributed by atoms with van der Waals surface area (Å²) in [5, 5.41) is -0.569. The number of fused-ring (bicyclic) bond motifs is 1. The molecule has 0 saturated carbocycles. The number of likely N-dealkylation sites (tertiary alicyclic amines) is 1. The molecule has 1 aromatic heterocycles. The molecule has 0 unspecified atom stereocenters. The van der Waals surface area contributed by atoms with Crippen molar-refractivity contribution in [3.63, 3.8) is 0 Å². The maximum atomic E-state index is 13.0. The summed E-state index contributed by atoms with van der Waals surface area (Å²) in [6, 6.07) is 0. The Morgan fingerprint density at radius 1 is 1.35 bits per heavy atom. The van der Waals surface area contributed by atoms with E-state index in [1.54, 1.807) is 11.1 Å². The molecule has 4 heterocycles. The van der Waals surface area contributed by atoms with Crippen molar-refractivity contribution in [1.29, 1.82) is 0 Å². The third-order valence-corrected chi connectivity index (χ3v) is 7.71. The van der Waals surface area contributed by atoms with E-state index in [1.807, 2.05) is 20.8 Å². The minimum atomic E-state index is -3.40. The molecule has 26 heavy (non-hydrogen) atoms. The highest BCUT2D eigenvalue weighted by Gasteiger charge is 2.65. The molecule has 8 nitrogen and oxygen atoms in total. The van der Waals surface area contributed by atoms with Crippen molar-refractivity contribution < 1.29 is 17.9 Å². The van der Waals surface area contributed by atoms with Gasteiger partial charge in [0.1, 0.15) is 16.5 Å². The Balaban J connectivity index is 1.60. The number of hydrogen-bond donors (Lipinski definition) is 0. The van der Waals surface area contributed by atoms with Gasteiger partial charge in [-0.15, -0.1) is 0 Å². The molecule has 0 radical (unpaired) electrons. The molecular weight excluding hydrogens is 356 g/mol. The summed E-state index contributed by atoms with van der Waals surface area (Å²) in [6.07, 6.45) is 3.24. The van der Waals surface area contributed by atoms with Crippen LogP contribution < -0.4 is 0 Å². The van der Waals surface area contributed by atoms with Gasteiger partial charge in [-0.3, -0.25) is 9.78 Å². The zero-order chi connectivity index (χ0) is 18.7. The predicted molar refractivity (Wildman–Crippen MR) is 94.0 cm³/mol. The first-order valence-electron chi connectivity index (χ1n) is 8.96. The lowest BCUT2D eigenvalue weighted by molar-refractivity contribution is -0.0980. The van der Waals surface area contributed by atoms with Crippen LogP contribution in [0, 0.1) is 12.8 Å². The topological polar surface area (TPSA) is 92.7 Å². The van der Waals surface area contributed by atoms with Crippen molar-refractivity contribution in [1.82, 2.24) is 19.2 Å². The highest BCUT2D eigenvalue weighted by molar-refractivity contribution is 7.90. The summed E-state index contributed by atoms with van der Waals surface area (Å²) in [5.41, 5.74) is 0.197. The monoisotopic (exact) mass is 380 g/mol. The predicted octanol–water partition coefficient (Wildman–Crippen LogP) is 0.439. The number of hydrogen-bond acceptors (Lipinski definition) is 6. The van der Waals surface area contributed by atoms with Gasteiger partial charge < -0.3 is 9.64 Å². The molecule has 3 atom stereocenters. The number of morpholine rings is 1. The number of aryl methyl sites for hydroxylation is 1. The Hall–Kier alpha value is -1.58. The van der Waals surface area contributed by atoms with Crippen LogP contribution in [0.4, 0.5) is 0 Å². The van der Waals surface area contributed by atoms with Crippen molar-refractivity contribution in [2.45, 2.75) is 44.1 Å². The van der Waals surface area contributed by atoms with Crippen LogP contribution in [-0.4, -0.2) is 76.6 Å². The summed E-state index contributed by atoms with van der Waals surface area (Å²) in [4.78, 5) is 22.8. The number of carbonyl (C=O) groups is 1. The molecule has 3 fully saturated rings. The van der Waals surface area contributed by atoms with Gasteiger partial charge in [-0.2, -0.15) is 4.31 Å². The molecule has 1 spiro atoms. The van der Waals surface area contributed by atoms with E-state index in [-0.39, 0.29) is 30.2 Å². The van der Waals surface area contributed by atoms with Crippen molar-refractivity contribution >= 4 is 15.9 Å². The second-order valence-corrected chi connectivity index (χ2v) is 10.1. The third-order valence-electron chi connectivity index (χ3n) is 5.37. The first-order chi connectivity index (χ1) is 12.2. The van der Waals surface area contributed by atoms with E-state index in [9.17, 15) is 13.2 Å². The van der Waals surface area contributed by atoms with Crippen LogP contribution in [0.5, 0.6) is 0 Å². The van der Waals surface area contributed by atoms with Gasteiger partial charge in [0.15, 0.2) is 0 Å². The molecule has 3 aliphatic rings. The molecular formula is C17H24N4O4S. The van der Waals surface area contributed by atoms with Gasteiger partial charge in [0, 0.05) is 25.8 Å². The third kappa shape index (κ3) is 2.73. The number of sulfonamides is 1. The largest absolute Gasteiger partial charge is 0.365 e. The van der Waals surface area contributed by atoms with Gasteiger partial charge in [-0.1, -0.05) is 13.8 Å². The lowest BCUT2D eigenvalue weighted by Crippen LogP contribution is -2.56. The molecule has 1 aromatic rings. The summed E-state index contributed by atoms with van der Waals surface area (Å²) in [7, 11) is -3.40. The van der Waals surface area contributed by atoms with Gasteiger partial charge in [0.2, 0.25) is 10.0 Å². The van der Waals surface area contributed by atoms with Gasteiger partial charge in [0.05, 0.1) is 24.5 Å².